The van der Waals surface area contributed by atoms with Gasteiger partial charge in [0.1, 0.15) is 12.2 Å². The van der Waals surface area contributed by atoms with Crippen molar-refractivity contribution in [3.05, 3.63) is 59.2 Å². The zero-order valence-corrected chi connectivity index (χ0v) is 15.5. The van der Waals surface area contributed by atoms with Gasteiger partial charge >= 0.3 is 23.5 Å². The Balaban J connectivity index is 2.40. The van der Waals surface area contributed by atoms with Gasteiger partial charge < -0.3 is 13.7 Å². The highest BCUT2D eigenvalue weighted by Crippen LogP contribution is 2.43. The van der Waals surface area contributed by atoms with Crippen LogP contribution in [0.2, 0.25) is 0 Å². The van der Waals surface area contributed by atoms with Crippen LogP contribution in [-0.4, -0.2) is 21.3 Å². The van der Waals surface area contributed by atoms with Gasteiger partial charge in [0.05, 0.1) is 6.61 Å². The van der Waals surface area contributed by atoms with Crippen LogP contribution in [0.5, 0.6) is 11.5 Å². The summed E-state index contributed by atoms with van der Waals surface area (Å²) in [5.74, 6) is -1.80. The lowest BCUT2D eigenvalue weighted by atomic mass is 10.1. The van der Waals surface area contributed by atoms with E-state index in [9.17, 15) is 22.2 Å². The van der Waals surface area contributed by atoms with Crippen LogP contribution in [0.1, 0.15) is 23.6 Å². The van der Waals surface area contributed by atoms with Crippen LogP contribution in [0, 0.1) is 0 Å². The van der Waals surface area contributed by atoms with Crippen LogP contribution in [0.4, 0.5) is 13.2 Å². The molecule has 0 bridgehead atoms. The van der Waals surface area contributed by atoms with Gasteiger partial charge in [-0.1, -0.05) is 30.3 Å². The van der Waals surface area contributed by atoms with Crippen molar-refractivity contribution in [2.75, 3.05) is 6.61 Å². The van der Waals surface area contributed by atoms with Crippen molar-refractivity contribution in [1.82, 2.24) is 0 Å². The van der Waals surface area contributed by atoms with Crippen LogP contribution in [0.25, 0.3) is 0 Å². The largest absolute Gasteiger partial charge is 0.485 e. The van der Waals surface area contributed by atoms with E-state index in [2.05, 4.69) is 4.18 Å². The highest BCUT2D eigenvalue weighted by atomic mass is 32.2. The van der Waals surface area contributed by atoms with E-state index < -0.39 is 34.8 Å². The van der Waals surface area contributed by atoms with Crippen molar-refractivity contribution in [2.24, 2.45) is 0 Å². The first-order chi connectivity index (χ1) is 13.2. The predicted octanol–water partition coefficient (Wildman–Crippen LogP) is 3.91. The third-order valence-electron chi connectivity index (χ3n) is 3.51. The zero-order chi connectivity index (χ0) is 20.7. The normalized spacial score (nSPS) is 12.3. The lowest BCUT2D eigenvalue weighted by Gasteiger charge is -2.18. The van der Waals surface area contributed by atoms with Crippen molar-refractivity contribution in [1.29, 1.82) is 0 Å². The molecule has 0 aliphatic carbocycles. The number of alkyl halides is 3. The van der Waals surface area contributed by atoms with Crippen LogP contribution < -0.4 is 8.92 Å². The molecule has 1 atom stereocenters. The summed E-state index contributed by atoms with van der Waals surface area (Å²) in [6.07, 6.45) is -4.87. The summed E-state index contributed by atoms with van der Waals surface area (Å²) < 4.78 is 75.1. The summed E-state index contributed by atoms with van der Waals surface area (Å²) in [6, 6.07) is 10.7. The molecule has 0 aliphatic rings. The zero-order valence-electron chi connectivity index (χ0n) is 14.7. The first-order valence-electron chi connectivity index (χ1n) is 8.00. The number of esters is 1. The minimum atomic E-state index is -4.86. The predicted molar refractivity (Wildman–Crippen MR) is 94.0 cm³/mol. The Morgan fingerprint density at radius 2 is 1.82 bits per heavy atom. The van der Waals surface area contributed by atoms with Crippen LogP contribution >= 0.6 is 0 Å². The molecule has 28 heavy (non-hydrogen) atoms. The monoisotopic (exact) mass is 418 g/mol. The van der Waals surface area contributed by atoms with Gasteiger partial charge in [-0.3, -0.25) is 9.35 Å². The molecule has 0 saturated heterocycles. The van der Waals surface area contributed by atoms with Crippen LogP contribution in [0.3, 0.4) is 0 Å². The number of carbonyl (C=O) groups is 1. The van der Waals surface area contributed by atoms with Gasteiger partial charge in [0.15, 0.2) is 11.5 Å². The molecular weight excluding hydrogens is 401 g/mol. The molecule has 0 aromatic heterocycles. The maximum Gasteiger partial charge on any atom is 0.420 e. The molecular formula is C18H17F3O6S. The Kier molecular flexibility index (Phi) is 7.41. The molecule has 2 rings (SSSR count). The Morgan fingerprint density at radius 3 is 2.39 bits per heavy atom. The second-order valence-corrected chi connectivity index (χ2v) is 6.23. The average molecular weight is 418 g/mol. The summed E-state index contributed by atoms with van der Waals surface area (Å²) in [6.45, 7) is 0.972. The van der Waals surface area contributed by atoms with E-state index in [1.165, 1.54) is 13.0 Å². The molecule has 6 nitrogen and oxygen atoms in total. The third kappa shape index (κ3) is 6.54. The molecule has 0 aliphatic heterocycles. The first-order valence-corrected chi connectivity index (χ1v) is 9.03. The maximum atomic E-state index is 13.5. The maximum absolute atomic E-state index is 13.5. The number of carbonyl (C=O) groups excluding carboxylic acids is 1. The fourth-order valence-electron chi connectivity index (χ4n) is 2.33. The molecule has 0 fully saturated rings. The van der Waals surface area contributed by atoms with Gasteiger partial charge in [0.2, 0.25) is 0 Å². The van der Waals surface area contributed by atoms with Gasteiger partial charge in [-0.15, -0.1) is 0 Å². The van der Waals surface area contributed by atoms with E-state index >= 15 is 0 Å². The van der Waals surface area contributed by atoms with Gasteiger partial charge in [0, 0.05) is 13.3 Å². The van der Waals surface area contributed by atoms with Crippen molar-refractivity contribution in [2.45, 2.75) is 26.1 Å². The minimum absolute atomic E-state index is 0.00709. The van der Waals surface area contributed by atoms with Crippen LogP contribution in [0.15, 0.2) is 42.5 Å². The quantitative estimate of drug-likeness (QED) is 0.517. The lowest BCUT2D eigenvalue weighted by molar-refractivity contribution is -0.141. The Morgan fingerprint density at radius 1 is 1.14 bits per heavy atom. The third-order valence-corrected chi connectivity index (χ3v) is 3.82. The molecule has 0 radical (unpaired) electrons. The minimum Gasteiger partial charge on any atom is -0.485 e. The van der Waals surface area contributed by atoms with E-state index in [-0.39, 0.29) is 30.9 Å². The molecule has 2 aromatic carbocycles. The van der Waals surface area contributed by atoms with Gasteiger partial charge in [-0.2, -0.15) is 17.4 Å². The number of benzene rings is 2. The first kappa shape index (κ1) is 21.7. The van der Waals surface area contributed by atoms with Crippen molar-refractivity contribution < 1.29 is 40.4 Å². The molecule has 0 amide bonds. The molecule has 0 spiro atoms. The molecule has 2 aromatic rings. The van der Waals surface area contributed by atoms with Gasteiger partial charge in [0.25, 0.3) is 0 Å². The SMILES string of the molecule is CC(=O)OCCc1cc(OCc2ccccc2)c(OS(=O)O)c(C(F)(F)F)c1. The van der Waals surface area contributed by atoms with E-state index in [4.69, 9.17) is 14.0 Å². The number of halogens is 3. The molecule has 0 heterocycles. The molecule has 0 saturated carbocycles. The topological polar surface area (TPSA) is 82.1 Å². The summed E-state index contributed by atoms with van der Waals surface area (Å²) in [5, 5.41) is 0. The standard InChI is InChI=1S/C18H17F3O6S/c1-12(22)25-8-7-14-9-15(18(19,20)21)17(27-28(23)24)16(10-14)26-11-13-5-3-2-4-6-13/h2-6,9-10H,7-8,11H2,1H3,(H,23,24). The van der Waals surface area contributed by atoms with Gasteiger partial charge in [-0.05, 0) is 23.3 Å². The van der Waals surface area contributed by atoms with E-state index in [1.54, 1.807) is 30.3 Å². The van der Waals surface area contributed by atoms with Crippen molar-refractivity contribution >= 4 is 17.3 Å². The number of rotatable bonds is 8. The highest BCUT2D eigenvalue weighted by molar-refractivity contribution is 7.74. The Labute approximate surface area is 161 Å². The molecule has 152 valence electrons. The molecule has 1 unspecified atom stereocenters. The Hall–Kier alpha value is -2.59. The second kappa shape index (κ2) is 9.56. The van der Waals surface area contributed by atoms with E-state index in [0.29, 0.717) is 5.56 Å². The second-order valence-electron chi connectivity index (χ2n) is 5.63. The van der Waals surface area contributed by atoms with Crippen molar-refractivity contribution in [3.8, 4) is 11.5 Å². The summed E-state index contributed by atoms with van der Waals surface area (Å²) in [5.41, 5.74) is -0.427. The number of ether oxygens (including phenoxy) is 2. The summed E-state index contributed by atoms with van der Waals surface area (Å²) >= 11 is -2.99. The number of hydrogen-bond donors (Lipinski definition) is 1. The fraction of sp³-hybridized carbons (Fsp3) is 0.278. The van der Waals surface area contributed by atoms with E-state index in [0.717, 1.165) is 6.07 Å². The number of hydrogen-bond acceptors (Lipinski definition) is 5. The van der Waals surface area contributed by atoms with Crippen molar-refractivity contribution in [3.63, 3.8) is 0 Å². The summed E-state index contributed by atoms with van der Waals surface area (Å²) in [4.78, 5) is 10.9. The highest BCUT2D eigenvalue weighted by Gasteiger charge is 2.37. The smallest absolute Gasteiger partial charge is 0.420 e. The van der Waals surface area contributed by atoms with Gasteiger partial charge in [-0.25, -0.2) is 0 Å². The molecule has 10 heteroatoms. The Bertz CT molecular complexity index is 839. The lowest BCUT2D eigenvalue weighted by Crippen LogP contribution is -2.13. The average Bonchev–Trinajstić information content (AvgIpc) is 2.60. The van der Waals surface area contributed by atoms with Crippen LogP contribution in [-0.2, 0) is 40.1 Å². The summed E-state index contributed by atoms with van der Waals surface area (Å²) in [7, 11) is 0. The molecule has 1 N–H and O–H groups in total. The fourth-order valence-corrected chi connectivity index (χ4v) is 2.64. The van der Waals surface area contributed by atoms with E-state index in [1.807, 2.05) is 0 Å².